The highest BCUT2D eigenvalue weighted by Gasteiger charge is 2.45. The smallest absolute Gasteiger partial charge is 0.214 e. The topological polar surface area (TPSA) is 46.2 Å². The molecule has 1 aliphatic carbocycles. The monoisotopic (exact) mass is 321 g/mol. The van der Waals surface area contributed by atoms with E-state index in [1.54, 1.807) is 11.3 Å². The second-order valence-electron chi connectivity index (χ2n) is 5.82. The van der Waals surface area contributed by atoms with Gasteiger partial charge in [-0.1, -0.05) is 35.9 Å². The standard InChI is InChI=1S/C16H19NO2S2/c1-13-4-6-14(7-5-13)11-21(18,19)17-12-16(8-9-16)15-3-2-10-20-15/h2-7,10,17H,8-9,11-12H2,1H3. The molecule has 1 saturated carbocycles. The summed E-state index contributed by atoms with van der Waals surface area (Å²) >= 11 is 1.71. The predicted molar refractivity (Wildman–Crippen MR) is 87.0 cm³/mol. The Labute approximate surface area is 130 Å². The quantitative estimate of drug-likeness (QED) is 0.888. The van der Waals surface area contributed by atoms with E-state index >= 15 is 0 Å². The van der Waals surface area contributed by atoms with Crippen LogP contribution in [-0.4, -0.2) is 15.0 Å². The molecule has 0 aliphatic heterocycles. The van der Waals surface area contributed by atoms with Crippen LogP contribution in [0.15, 0.2) is 41.8 Å². The summed E-state index contributed by atoms with van der Waals surface area (Å²) < 4.78 is 27.2. The number of thiophene rings is 1. The van der Waals surface area contributed by atoms with E-state index in [1.807, 2.05) is 37.3 Å². The Hall–Kier alpha value is -1.17. The Morgan fingerprint density at radius 1 is 1.19 bits per heavy atom. The number of hydrogen-bond acceptors (Lipinski definition) is 3. The molecule has 0 bridgehead atoms. The van der Waals surface area contributed by atoms with Crippen molar-refractivity contribution in [3.8, 4) is 0 Å². The van der Waals surface area contributed by atoms with Crippen LogP contribution in [0.4, 0.5) is 0 Å². The van der Waals surface area contributed by atoms with Gasteiger partial charge in [0.05, 0.1) is 5.75 Å². The first-order valence-electron chi connectivity index (χ1n) is 7.06. The second kappa shape index (κ2) is 5.55. The number of hydrogen-bond donors (Lipinski definition) is 1. The third-order valence-corrected chi connectivity index (χ3v) is 6.42. The molecular formula is C16H19NO2S2. The normalized spacial score (nSPS) is 16.8. The van der Waals surface area contributed by atoms with Gasteiger partial charge in [0, 0.05) is 16.8 Å². The molecule has 0 atom stereocenters. The van der Waals surface area contributed by atoms with E-state index in [-0.39, 0.29) is 11.2 Å². The Morgan fingerprint density at radius 2 is 1.90 bits per heavy atom. The van der Waals surface area contributed by atoms with Crippen molar-refractivity contribution in [2.24, 2.45) is 0 Å². The fourth-order valence-corrected chi connectivity index (χ4v) is 4.66. The SMILES string of the molecule is Cc1ccc(CS(=O)(=O)NCC2(c3cccs3)CC2)cc1. The number of aryl methyl sites for hydroxylation is 1. The largest absolute Gasteiger partial charge is 0.215 e. The molecule has 1 fully saturated rings. The summed E-state index contributed by atoms with van der Waals surface area (Å²) in [6.45, 7) is 2.51. The van der Waals surface area contributed by atoms with Gasteiger partial charge < -0.3 is 0 Å². The zero-order valence-corrected chi connectivity index (χ0v) is 13.6. The van der Waals surface area contributed by atoms with E-state index in [1.165, 1.54) is 4.88 Å². The van der Waals surface area contributed by atoms with Crippen LogP contribution in [0.5, 0.6) is 0 Å². The van der Waals surface area contributed by atoms with Crippen LogP contribution in [0, 0.1) is 6.92 Å². The van der Waals surface area contributed by atoms with Crippen molar-refractivity contribution in [1.82, 2.24) is 4.72 Å². The first kappa shape index (κ1) is 14.8. The van der Waals surface area contributed by atoms with Gasteiger partial charge in [0.15, 0.2) is 0 Å². The van der Waals surface area contributed by atoms with E-state index in [2.05, 4.69) is 16.2 Å². The highest BCUT2D eigenvalue weighted by atomic mass is 32.2. The molecule has 1 heterocycles. The molecule has 1 aromatic carbocycles. The Kier molecular flexibility index (Phi) is 3.90. The van der Waals surface area contributed by atoms with Crippen molar-refractivity contribution in [3.63, 3.8) is 0 Å². The van der Waals surface area contributed by atoms with Crippen LogP contribution in [0.3, 0.4) is 0 Å². The molecule has 1 aliphatic rings. The molecular weight excluding hydrogens is 302 g/mol. The summed E-state index contributed by atoms with van der Waals surface area (Å²) in [6.07, 6.45) is 2.14. The molecule has 0 amide bonds. The average Bonchev–Trinajstić information content (AvgIpc) is 3.03. The van der Waals surface area contributed by atoms with E-state index in [9.17, 15) is 8.42 Å². The van der Waals surface area contributed by atoms with Crippen LogP contribution in [0.2, 0.25) is 0 Å². The average molecular weight is 321 g/mol. The maximum atomic E-state index is 12.2. The number of sulfonamides is 1. The fourth-order valence-electron chi connectivity index (χ4n) is 2.44. The molecule has 21 heavy (non-hydrogen) atoms. The van der Waals surface area contributed by atoms with Crippen molar-refractivity contribution in [3.05, 3.63) is 57.8 Å². The zero-order chi connectivity index (χ0) is 14.9. The number of benzene rings is 1. The van der Waals surface area contributed by atoms with Gasteiger partial charge in [-0.05, 0) is 36.8 Å². The van der Waals surface area contributed by atoms with Gasteiger partial charge in [0.1, 0.15) is 0 Å². The molecule has 0 saturated heterocycles. The number of rotatable bonds is 6. The summed E-state index contributed by atoms with van der Waals surface area (Å²) in [5.41, 5.74) is 2.02. The van der Waals surface area contributed by atoms with Crippen molar-refractivity contribution >= 4 is 21.4 Å². The maximum Gasteiger partial charge on any atom is 0.215 e. The summed E-state index contributed by atoms with van der Waals surface area (Å²) in [6, 6.07) is 11.8. The zero-order valence-electron chi connectivity index (χ0n) is 12.0. The van der Waals surface area contributed by atoms with Crippen LogP contribution >= 0.6 is 11.3 Å². The molecule has 112 valence electrons. The van der Waals surface area contributed by atoms with Gasteiger partial charge >= 0.3 is 0 Å². The lowest BCUT2D eigenvalue weighted by Crippen LogP contribution is -2.32. The molecule has 0 unspecified atom stereocenters. The van der Waals surface area contributed by atoms with E-state index in [0.29, 0.717) is 6.54 Å². The minimum Gasteiger partial charge on any atom is -0.214 e. The minimum atomic E-state index is -3.28. The highest BCUT2D eigenvalue weighted by molar-refractivity contribution is 7.88. The van der Waals surface area contributed by atoms with Crippen LogP contribution in [0.25, 0.3) is 0 Å². The van der Waals surface area contributed by atoms with Crippen molar-refractivity contribution < 1.29 is 8.42 Å². The van der Waals surface area contributed by atoms with Gasteiger partial charge in [-0.2, -0.15) is 0 Å². The Balaban J connectivity index is 1.63. The van der Waals surface area contributed by atoms with Crippen molar-refractivity contribution in [1.29, 1.82) is 0 Å². The first-order chi connectivity index (χ1) is 9.99. The van der Waals surface area contributed by atoms with Gasteiger partial charge in [0.25, 0.3) is 0 Å². The summed E-state index contributed by atoms with van der Waals surface area (Å²) in [7, 11) is -3.28. The summed E-state index contributed by atoms with van der Waals surface area (Å²) in [5, 5.41) is 2.05. The Bertz CT molecular complexity index is 699. The molecule has 3 nitrogen and oxygen atoms in total. The van der Waals surface area contributed by atoms with E-state index < -0.39 is 10.0 Å². The molecule has 0 radical (unpaired) electrons. The predicted octanol–water partition coefficient (Wildman–Crippen LogP) is 3.21. The molecule has 0 spiro atoms. The molecule has 1 aromatic heterocycles. The minimum absolute atomic E-state index is 0.0494. The van der Waals surface area contributed by atoms with Crippen molar-refractivity contribution in [2.75, 3.05) is 6.54 Å². The fraction of sp³-hybridized carbons (Fsp3) is 0.375. The van der Waals surface area contributed by atoms with Crippen LogP contribution in [0.1, 0.15) is 28.8 Å². The third-order valence-electron chi connectivity index (χ3n) is 4.01. The number of nitrogens with one attached hydrogen (secondary N) is 1. The van der Waals surface area contributed by atoms with E-state index in [4.69, 9.17) is 0 Å². The summed E-state index contributed by atoms with van der Waals surface area (Å²) in [5.74, 6) is 0.0494. The highest BCUT2D eigenvalue weighted by Crippen LogP contribution is 2.49. The van der Waals surface area contributed by atoms with Crippen LogP contribution < -0.4 is 4.72 Å². The summed E-state index contributed by atoms with van der Waals surface area (Å²) in [4.78, 5) is 1.29. The lowest BCUT2D eigenvalue weighted by atomic mass is 10.1. The molecule has 3 rings (SSSR count). The second-order valence-corrected chi connectivity index (χ2v) is 8.58. The lowest BCUT2D eigenvalue weighted by molar-refractivity contribution is 0.568. The lowest BCUT2D eigenvalue weighted by Gasteiger charge is -2.14. The molecule has 2 aromatic rings. The van der Waals surface area contributed by atoms with Gasteiger partial charge in [-0.15, -0.1) is 11.3 Å². The van der Waals surface area contributed by atoms with Crippen LogP contribution in [-0.2, 0) is 21.2 Å². The first-order valence-corrected chi connectivity index (χ1v) is 9.59. The third kappa shape index (κ3) is 3.54. The van der Waals surface area contributed by atoms with Gasteiger partial charge in [0.2, 0.25) is 10.0 Å². The van der Waals surface area contributed by atoms with Crippen molar-refractivity contribution in [2.45, 2.75) is 30.9 Å². The van der Waals surface area contributed by atoms with Gasteiger partial charge in [-0.3, -0.25) is 0 Å². The van der Waals surface area contributed by atoms with Gasteiger partial charge in [-0.25, -0.2) is 13.1 Å². The molecule has 1 N–H and O–H groups in total. The maximum absolute atomic E-state index is 12.2. The Morgan fingerprint density at radius 3 is 2.48 bits per heavy atom. The van der Waals surface area contributed by atoms with E-state index in [0.717, 1.165) is 24.0 Å². The molecule has 5 heteroatoms.